The van der Waals surface area contributed by atoms with E-state index in [1.54, 1.807) is 12.4 Å². The van der Waals surface area contributed by atoms with Crippen molar-refractivity contribution in [2.45, 2.75) is 31.0 Å². The van der Waals surface area contributed by atoms with Crippen molar-refractivity contribution >= 4 is 16.3 Å². The van der Waals surface area contributed by atoms with Crippen LogP contribution in [0, 0.1) is 0 Å². The molecular weight excluding hydrogens is 367 g/mol. The number of alkyl halides is 3. The number of aliphatic hydroxyl groups excluding tert-OH is 1. The number of nitrogens with one attached hydrogen (secondary N) is 1. The molecule has 1 saturated heterocycles. The van der Waals surface area contributed by atoms with Crippen molar-refractivity contribution in [1.29, 1.82) is 0 Å². The summed E-state index contributed by atoms with van der Waals surface area (Å²) in [5.74, 6) is 1.12. The van der Waals surface area contributed by atoms with Crippen molar-refractivity contribution in [3.05, 3.63) is 23.2 Å². The highest BCUT2D eigenvalue weighted by Gasteiger charge is 2.38. The van der Waals surface area contributed by atoms with Crippen molar-refractivity contribution in [3.8, 4) is 11.3 Å². The Bertz CT molecular complexity index is 775. The van der Waals surface area contributed by atoms with Gasteiger partial charge in [0.05, 0.1) is 6.61 Å². The number of nitrogens with zero attached hydrogens (tertiary/aromatic N) is 4. The number of anilines is 1. The summed E-state index contributed by atoms with van der Waals surface area (Å²) in [4.78, 5) is 14.3. The fourth-order valence-corrected chi connectivity index (χ4v) is 3.97. The number of thiazole rings is 1. The summed E-state index contributed by atoms with van der Waals surface area (Å²) in [6.07, 6.45) is 0.735. The predicted molar refractivity (Wildman–Crippen MR) is 91.2 cm³/mol. The third kappa shape index (κ3) is 3.53. The van der Waals surface area contributed by atoms with Gasteiger partial charge in [0, 0.05) is 49.6 Å². The van der Waals surface area contributed by atoms with E-state index in [9.17, 15) is 18.3 Å². The van der Waals surface area contributed by atoms with Crippen LogP contribution in [0.1, 0.15) is 29.6 Å². The highest BCUT2D eigenvalue weighted by atomic mass is 32.1. The summed E-state index contributed by atoms with van der Waals surface area (Å²) in [6, 6.07) is -0.179. The van der Waals surface area contributed by atoms with Gasteiger partial charge in [0.15, 0.2) is 0 Å². The molecule has 2 aromatic rings. The van der Waals surface area contributed by atoms with Gasteiger partial charge in [0.1, 0.15) is 16.5 Å². The second-order valence-electron chi connectivity index (χ2n) is 6.55. The molecule has 26 heavy (non-hydrogen) atoms. The highest BCUT2D eigenvalue weighted by Crippen LogP contribution is 2.43. The Morgan fingerprint density at radius 1 is 1.27 bits per heavy atom. The Hall–Kier alpha value is -1.78. The zero-order valence-corrected chi connectivity index (χ0v) is 14.6. The van der Waals surface area contributed by atoms with Crippen LogP contribution in [0.25, 0.3) is 11.3 Å². The number of rotatable bonds is 4. The van der Waals surface area contributed by atoms with Crippen LogP contribution in [0.15, 0.2) is 12.4 Å². The molecule has 1 saturated carbocycles. The number of aromatic nitrogens is 3. The molecule has 1 aliphatic carbocycles. The van der Waals surface area contributed by atoms with Crippen LogP contribution in [0.3, 0.4) is 0 Å². The van der Waals surface area contributed by atoms with Gasteiger partial charge in [-0.3, -0.25) is 0 Å². The summed E-state index contributed by atoms with van der Waals surface area (Å²) in [5, 5.41) is 12.1. The van der Waals surface area contributed by atoms with E-state index in [2.05, 4.69) is 20.3 Å². The molecule has 0 radical (unpaired) electrons. The smallest absolute Gasteiger partial charge is 0.395 e. The summed E-state index contributed by atoms with van der Waals surface area (Å²) >= 11 is 0.628. The molecule has 0 unspecified atom stereocenters. The Balaban J connectivity index is 1.70. The molecule has 140 valence electrons. The lowest BCUT2D eigenvalue weighted by molar-refractivity contribution is -0.137. The van der Waals surface area contributed by atoms with Gasteiger partial charge >= 0.3 is 6.18 Å². The zero-order chi connectivity index (χ0) is 18.3. The third-order valence-electron chi connectivity index (χ3n) is 4.50. The normalized spacial score (nSPS) is 21.2. The molecule has 0 bridgehead atoms. The summed E-state index contributed by atoms with van der Waals surface area (Å²) in [7, 11) is 0. The first-order chi connectivity index (χ1) is 12.5. The van der Waals surface area contributed by atoms with E-state index in [1.165, 1.54) is 0 Å². The van der Waals surface area contributed by atoms with Crippen LogP contribution in [-0.4, -0.2) is 52.3 Å². The van der Waals surface area contributed by atoms with Crippen LogP contribution in [0.4, 0.5) is 18.2 Å². The van der Waals surface area contributed by atoms with Gasteiger partial charge in [-0.25, -0.2) is 15.0 Å². The van der Waals surface area contributed by atoms with Gasteiger partial charge in [0.25, 0.3) is 0 Å². The van der Waals surface area contributed by atoms with Gasteiger partial charge in [-0.2, -0.15) is 13.2 Å². The summed E-state index contributed by atoms with van der Waals surface area (Å²) in [6.45, 7) is 1.48. The molecule has 10 heteroatoms. The Morgan fingerprint density at radius 2 is 2.00 bits per heavy atom. The average Bonchev–Trinajstić information content (AvgIpc) is 3.38. The minimum absolute atomic E-state index is 0.0735. The first-order valence-corrected chi connectivity index (χ1v) is 9.27. The summed E-state index contributed by atoms with van der Waals surface area (Å²) < 4.78 is 39.7. The number of hydrogen-bond acceptors (Lipinski definition) is 7. The molecule has 2 N–H and O–H groups in total. The maximum absolute atomic E-state index is 13.2. The lowest BCUT2D eigenvalue weighted by atomic mass is 10.2. The number of halogens is 3. The van der Waals surface area contributed by atoms with E-state index in [0.717, 1.165) is 18.7 Å². The maximum Gasteiger partial charge on any atom is 0.443 e. The van der Waals surface area contributed by atoms with E-state index in [1.807, 2.05) is 4.90 Å². The minimum Gasteiger partial charge on any atom is -0.395 e. The molecule has 3 heterocycles. The highest BCUT2D eigenvalue weighted by molar-refractivity contribution is 7.16. The zero-order valence-electron chi connectivity index (χ0n) is 13.8. The molecule has 2 aromatic heterocycles. The van der Waals surface area contributed by atoms with Gasteiger partial charge in [-0.05, 0) is 12.8 Å². The van der Waals surface area contributed by atoms with Crippen LogP contribution in [0.5, 0.6) is 0 Å². The van der Waals surface area contributed by atoms with Crippen molar-refractivity contribution in [2.24, 2.45) is 0 Å². The van der Waals surface area contributed by atoms with Crippen molar-refractivity contribution < 1.29 is 18.3 Å². The number of piperazine rings is 1. The maximum atomic E-state index is 13.2. The predicted octanol–water partition coefficient (Wildman–Crippen LogP) is 2.27. The van der Waals surface area contributed by atoms with Crippen LogP contribution in [0.2, 0.25) is 0 Å². The van der Waals surface area contributed by atoms with Gasteiger partial charge in [-0.1, -0.05) is 11.3 Å². The Morgan fingerprint density at radius 3 is 2.62 bits per heavy atom. The lowest BCUT2D eigenvalue weighted by Gasteiger charge is -2.33. The molecule has 4 rings (SSSR count). The largest absolute Gasteiger partial charge is 0.443 e. The Kier molecular flexibility index (Phi) is 4.57. The van der Waals surface area contributed by atoms with Crippen LogP contribution < -0.4 is 10.2 Å². The SMILES string of the molecule is OC[C@@H]1CN(c2sc(C(F)(F)F)nc2-c2cnc(C3CC3)nc2)CCN1. The molecule has 6 nitrogen and oxygen atoms in total. The second kappa shape index (κ2) is 6.75. The summed E-state index contributed by atoms with van der Waals surface area (Å²) in [5.41, 5.74) is 0.735. The minimum atomic E-state index is -4.50. The first kappa shape index (κ1) is 17.6. The van der Waals surface area contributed by atoms with Crippen LogP contribution >= 0.6 is 11.3 Å². The number of hydrogen-bond donors (Lipinski definition) is 2. The van der Waals surface area contributed by atoms with E-state index in [-0.39, 0.29) is 18.3 Å². The monoisotopic (exact) mass is 385 g/mol. The fraction of sp³-hybridized carbons (Fsp3) is 0.562. The molecular formula is C16H18F3N5OS. The molecule has 0 aromatic carbocycles. The molecule has 2 aliphatic rings. The molecule has 1 aliphatic heterocycles. The van der Waals surface area contributed by atoms with Gasteiger partial charge < -0.3 is 15.3 Å². The number of aliphatic hydroxyl groups is 1. The fourth-order valence-electron chi connectivity index (χ4n) is 2.98. The standard InChI is InChI=1S/C16H18F3N5OS/c17-16(18,19)15-23-12(10-5-21-13(22-6-10)9-1-2-9)14(26-15)24-4-3-20-11(7-24)8-25/h5-6,9,11,20,25H,1-4,7-8H2/t11-/m0/s1. The average molecular weight is 385 g/mol. The molecule has 0 spiro atoms. The van der Waals surface area contributed by atoms with Crippen molar-refractivity contribution in [3.63, 3.8) is 0 Å². The van der Waals surface area contributed by atoms with E-state index in [4.69, 9.17) is 0 Å². The van der Waals surface area contributed by atoms with Crippen molar-refractivity contribution in [1.82, 2.24) is 20.3 Å². The van der Waals surface area contributed by atoms with Gasteiger partial charge in [-0.15, -0.1) is 0 Å². The molecule has 2 fully saturated rings. The quantitative estimate of drug-likeness (QED) is 0.841. The lowest BCUT2D eigenvalue weighted by Crippen LogP contribution is -2.52. The molecule has 0 amide bonds. The Labute approximate surface area is 152 Å². The topological polar surface area (TPSA) is 74.2 Å². The van der Waals surface area contributed by atoms with Crippen LogP contribution in [-0.2, 0) is 6.18 Å². The first-order valence-electron chi connectivity index (χ1n) is 8.45. The van der Waals surface area contributed by atoms with E-state index < -0.39 is 11.2 Å². The third-order valence-corrected chi connectivity index (χ3v) is 5.66. The van der Waals surface area contributed by atoms with E-state index >= 15 is 0 Å². The second-order valence-corrected chi connectivity index (χ2v) is 7.53. The van der Waals surface area contributed by atoms with Gasteiger partial charge in [0.2, 0.25) is 5.01 Å². The van der Waals surface area contributed by atoms with E-state index in [0.29, 0.717) is 47.5 Å². The van der Waals surface area contributed by atoms with Crippen molar-refractivity contribution in [2.75, 3.05) is 31.1 Å². The molecule has 1 atom stereocenters.